The summed E-state index contributed by atoms with van der Waals surface area (Å²) in [7, 11) is 1.63. The number of aromatic nitrogens is 2. The van der Waals surface area contributed by atoms with Crippen molar-refractivity contribution >= 4 is 27.8 Å². The van der Waals surface area contributed by atoms with Gasteiger partial charge in [0.05, 0.1) is 18.7 Å². The van der Waals surface area contributed by atoms with Crippen molar-refractivity contribution in [3.8, 4) is 5.75 Å². The molecule has 3 aromatic rings. The molecular formula is C18H17N3O2S. The molecule has 1 aliphatic carbocycles. The van der Waals surface area contributed by atoms with Crippen LogP contribution in [0.4, 0.5) is 0 Å². The van der Waals surface area contributed by atoms with Crippen LogP contribution in [0.3, 0.4) is 0 Å². The average Bonchev–Trinajstić information content (AvgIpc) is 3.01. The van der Waals surface area contributed by atoms with Gasteiger partial charge >= 0.3 is 0 Å². The van der Waals surface area contributed by atoms with Gasteiger partial charge in [0.15, 0.2) is 0 Å². The Morgan fingerprint density at radius 2 is 2.04 bits per heavy atom. The van der Waals surface area contributed by atoms with Crippen molar-refractivity contribution in [3.63, 3.8) is 0 Å². The van der Waals surface area contributed by atoms with Gasteiger partial charge in [0.1, 0.15) is 16.9 Å². The summed E-state index contributed by atoms with van der Waals surface area (Å²) in [5.41, 5.74) is 2.01. The second-order valence-electron chi connectivity index (χ2n) is 5.80. The van der Waals surface area contributed by atoms with Crippen molar-refractivity contribution in [2.75, 3.05) is 7.11 Å². The van der Waals surface area contributed by atoms with E-state index in [2.05, 4.69) is 10.1 Å². The van der Waals surface area contributed by atoms with E-state index in [0.717, 1.165) is 40.8 Å². The molecule has 6 heteroatoms. The Labute approximate surface area is 143 Å². The predicted octanol–water partition coefficient (Wildman–Crippen LogP) is 3.23. The third-order valence-electron chi connectivity index (χ3n) is 4.31. The van der Waals surface area contributed by atoms with Crippen molar-refractivity contribution in [3.05, 3.63) is 57.0 Å². The van der Waals surface area contributed by atoms with E-state index in [1.54, 1.807) is 24.7 Å². The maximum absolute atomic E-state index is 12.8. The average molecular weight is 339 g/mol. The van der Waals surface area contributed by atoms with Gasteiger partial charge in [-0.05, 0) is 61.1 Å². The summed E-state index contributed by atoms with van der Waals surface area (Å²) in [6, 6.07) is 7.51. The van der Waals surface area contributed by atoms with Gasteiger partial charge in [0.25, 0.3) is 5.56 Å². The zero-order valence-electron chi connectivity index (χ0n) is 13.4. The van der Waals surface area contributed by atoms with Crippen molar-refractivity contribution in [1.82, 2.24) is 9.66 Å². The minimum absolute atomic E-state index is 0.0795. The first-order valence-electron chi connectivity index (χ1n) is 7.96. The van der Waals surface area contributed by atoms with Crippen LogP contribution < -0.4 is 10.3 Å². The molecule has 0 bridgehead atoms. The zero-order valence-corrected chi connectivity index (χ0v) is 14.2. The molecule has 0 spiro atoms. The number of ether oxygens (including phenoxy) is 1. The van der Waals surface area contributed by atoms with Gasteiger partial charge in [-0.15, -0.1) is 11.3 Å². The second kappa shape index (κ2) is 6.20. The van der Waals surface area contributed by atoms with Crippen molar-refractivity contribution in [1.29, 1.82) is 0 Å². The molecule has 1 aliphatic rings. The molecule has 1 aromatic carbocycles. The van der Waals surface area contributed by atoms with E-state index in [1.165, 1.54) is 27.9 Å². The van der Waals surface area contributed by atoms with Crippen LogP contribution in [0.2, 0.25) is 0 Å². The summed E-state index contributed by atoms with van der Waals surface area (Å²) < 4.78 is 6.46. The topological polar surface area (TPSA) is 56.5 Å². The van der Waals surface area contributed by atoms with Gasteiger partial charge in [0, 0.05) is 4.88 Å². The third kappa shape index (κ3) is 2.63. The summed E-state index contributed by atoms with van der Waals surface area (Å²) in [6.07, 6.45) is 7.54. The molecule has 0 amide bonds. The number of nitrogens with zero attached hydrogens (tertiary/aromatic N) is 3. The normalized spacial score (nSPS) is 14.2. The Bertz CT molecular complexity index is 970. The molecule has 122 valence electrons. The van der Waals surface area contributed by atoms with Crippen LogP contribution in [-0.2, 0) is 12.8 Å². The van der Waals surface area contributed by atoms with E-state index < -0.39 is 0 Å². The van der Waals surface area contributed by atoms with Gasteiger partial charge in [-0.1, -0.05) is 0 Å². The number of benzene rings is 1. The SMILES string of the molecule is COc1ccc(/C=N\n2cnc3sc4c(c3c2=O)CCCC4)cc1. The molecular weight excluding hydrogens is 322 g/mol. The first kappa shape index (κ1) is 15.1. The summed E-state index contributed by atoms with van der Waals surface area (Å²) in [4.78, 5) is 19.4. The third-order valence-corrected chi connectivity index (χ3v) is 5.51. The Balaban J connectivity index is 1.72. The summed E-state index contributed by atoms with van der Waals surface area (Å²) in [6.45, 7) is 0. The van der Waals surface area contributed by atoms with Gasteiger partial charge in [-0.2, -0.15) is 9.78 Å². The minimum Gasteiger partial charge on any atom is -0.497 e. The first-order valence-corrected chi connectivity index (χ1v) is 8.78. The molecule has 2 heterocycles. The smallest absolute Gasteiger partial charge is 0.282 e. The van der Waals surface area contributed by atoms with Crippen LogP contribution >= 0.6 is 11.3 Å². The van der Waals surface area contributed by atoms with Crippen molar-refractivity contribution in [2.45, 2.75) is 25.7 Å². The van der Waals surface area contributed by atoms with E-state index in [0.29, 0.717) is 0 Å². The molecule has 5 nitrogen and oxygen atoms in total. The molecule has 2 aromatic heterocycles. The highest BCUT2D eigenvalue weighted by Gasteiger charge is 2.19. The Morgan fingerprint density at radius 3 is 2.83 bits per heavy atom. The van der Waals surface area contributed by atoms with E-state index in [-0.39, 0.29) is 5.56 Å². The summed E-state index contributed by atoms with van der Waals surface area (Å²) >= 11 is 1.65. The van der Waals surface area contributed by atoms with Crippen LogP contribution in [-0.4, -0.2) is 23.0 Å². The maximum Gasteiger partial charge on any atom is 0.282 e. The van der Waals surface area contributed by atoms with Crippen LogP contribution in [0, 0.1) is 0 Å². The van der Waals surface area contributed by atoms with Crippen molar-refractivity contribution < 1.29 is 4.74 Å². The van der Waals surface area contributed by atoms with Gasteiger partial charge in [-0.25, -0.2) is 4.98 Å². The van der Waals surface area contributed by atoms with E-state index >= 15 is 0 Å². The number of aryl methyl sites for hydroxylation is 2. The number of rotatable bonds is 3. The quantitative estimate of drug-likeness (QED) is 0.689. The molecule has 0 saturated heterocycles. The molecule has 4 rings (SSSR count). The first-order chi connectivity index (χ1) is 11.8. The lowest BCUT2D eigenvalue weighted by Crippen LogP contribution is -2.18. The standard InChI is InChI=1S/C18H17N3O2S/c1-23-13-8-6-12(7-9-13)10-20-21-11-19-17-16(18(21)22)14-4-2-3-5-15(14)24-17/h6-11H,2-5H2,1H3/b20-10-. The fourth-order valence-corrected chi connectivity index (χ4v) is 4.26. The molecule has 0 fully saturated rings. The van der Waals surface area contributed by atoms with Crippen LogP contribution in [0.1, 0.15) is 28.8 Å². The Hall–Kier alpha value is -2.47. The second-order valence-corrected chi connectivity index (χ2v) is 6.89. The lowest BCUT2D eigenvalue weighted by atomic mass is 9.97. The highest BCUT2D eigenvalue weighted by atomic mass is 32.1. The fourth-order valence-electron chi connectivity index (χ4n) is 3.04. The van der Waals surface area contributed by atoms with Gasteiger partial charge in [0.2, 0.25) is 0 Å². The number of hydrogen-bond acceptors (Lipinski definition) is 5. The van der Waals surface area contributed by atoms with E-state index in [9.17, 15) is 4.79 Å². The lowest BCUT2D eigenvalue weighted by Gasteiger charge is -2.09. The zero-order chi connectivity index (χ0) is 16.5. The Kier molecular flexibility index (Phi) is 3.90. The van der Waals surface area contributed by atoms with Crippen molar-refractivity contribution in [2.24, 2.45) is 5.10 Å². The molecule has 0 saturated carbocycles. The lowest BCUT2D eigenvalue weighted by molar-refractivity contribution is 0.415. The maximum atomic E-state index is 12.8. The molecule has 0 unspecified atom stereocenters. The van der Waals surface area contributed by atoms with E-state index in [1.807, 2.05) is 24.3 Å². The van der Waals surface area contributed by atoms with Crippen LogP contribution in [0.5, 0.6) is 5.75 Å². The number of methoxy groups -OCH3 is 1. The molecule has 0 aliphatic heterocycles. The molecule has 0 radical (unpaired) electrons. The predicted molar refractivity (Wildman–Crippen MR) is 96.5 cm³/mol. The monoisotopic (exact) mass is 339 g/mol. The minimum atomic E-state index is -0.0795. The van der Waals surface area contributed by atoms with E-state index in [4.69, 9.17) is 4.74 Å². The van der Waals surface area contributed by atoms with Crippen LogP contribution in [0.15, 0.2) is 40.5 Å². The van der Waals surface area contributed by atoms with Gasteiger partial charge in [-0.3, -0.25) is 4.79 Å². The largest absolute Gasteiger partial charge is 0.497 e. The highest BCUT2D eigenvalue weighted by molar-refractivity contribution is 7.18. The summed E-state index contributed by atoms with van der Waals surface area (Å²) in [5.74, 6) is 0.789. The fraction of sp³-hybridized carbons (Fsp3) is 0.278. The molecule has 24 heavy (non-hydrogen) atoms. The number of thiophene rings is 1. The Morgan fingerprint density at radius 1 is 1.25 bits per heavy atom. The molecule has 0 N–H and O–H groups in total. The summed E-state index contributed by atoms with van der Waals surface area (Å²) in [5, 5.41) is 5.04. The van der Waals surface area contributed by atoms with Gasteiger partial charge < -0.3 is 4.74 Å². The van der Waals surface area contributed by atoms with Crippen LogP contribution in [0.25, 0.3) is 10.2 Å². The highest BCUT2D eigenvalue weighted by Crippen LogP contribution is 2.33. The number of fused-ring (bicyclic) bond motifs is 3. The molecule has 0 atom stereocenters. The number of hydrogen-bond donors (Lipinski definition) is 0.